The van der Waals surface area contributed by atoms with E-state index in [2.05, 4.69) is 36.2 Å². The summed E-state index contributed by atoms with van der Waals surface area (Å²) in [6.45, 7) is 8.93. The van der Waals surface area contributed by atoms with Gasteiger partial charge in [-0.15, -0.1) is 0 Å². The zero-order chi connectivity index (χ0) is 36.7. The molecule has 10 heteroatoms. The van der Waals surface area contributed by atoms with Gasteiger partial charge < -0.3 is 34.1 Å². The molecule has 5 aliphatic heterocycles. The molecule has 4 bridgehead atoms. The van der Waals surface area contributed by atoms with Gasteiger partial charge in [-0.1, -0.05) is 62.6 Å². The molecule has 0 aromatic heterocycles. The van der Waals surface area contributed by atoms with Crippen LogP contribution in [0.1, 0.15) is 110 Å². The number of allylic oxidation sites excluding steroid dienone is 3. The van der Waals surface area contributed by atoms with Gasteiger partial charge in [0.05, 0.1) is 37.9 Å². The average Bonchev–Trinajstić information content (AvgIpc) is 3.42. The van der Waals surface area contributed by atoms with Crippen molar-refractivity contribution < 1.29 is 33.3 Å². The number of fused-ring (bicyclic) bond motifs is 4. The zero-order valence-electron chi connectivity index (χ0n) is 32.1. The van der Waals surface area contributed by atoms with E-state index in [1.165, 1.54) is 45.9 Å². The van der Waals surface area contributed by atoms with Crippen LogP contribution in [0.5, 0.6) is 0 Å². The lowest BCUT2D eigenvalue weighted by molar-refractivity contribution is -0.154. The predicted molar refractivity (Wildman–Crippen MR) is 203 cm³/mol. The number of esters is 2. The predicted octanol–water partition coefficient (Wildman–Crippen LogP) is 7.05. The highest BCUT2D eigenvalue weighted by molar-refractivity contribution is 5.82. The summed E-state index contributed by atoms with van der Waals surface area (Å²) in [5.74, 6) is -0.428. The Morgan fingerprint density at radius 1 is 0.846 bits per heavy atom. The van der Waals surface area contributed by atoms with Gasteiger partial charge in [-0.05, 0) is 95.7 Å². The van der Waals surface area contributed by atoms with E-state index >= 15 is 0 Å². The summed E-state index contributed by atoms with van der Waals surface area (Å²) in [4.78, 5) is 42.9. The summed E-state index contributed by atoms with van der Waals surface area (Å²) in [7, 11) is 1.38. The molecular weight excluding hydrogens is 658 g/mol. The van der Waals surface area contributed by atoms with Gasteiger partial charge in [0, 0.05) is 44.1 Å². The van der Waals surface area contributed by atoms with E-state index in [4.69, 9.17) is 18.9 Å². The number of nitrogens with one attached hydrogen (secondary N) is 1. The molecule has 0 aromatic rings. The second-order valence-electron chi connectivity index (χ2n) is 15.8. The van der Waals surface area contributed by atoms with Crippen molar-refractivity contribution in [3.05, 3.63) is 48.1 Å². The quantitative estimate of drug-likeness (QED) is 0.0980. The molecule has 0 aliphatic carbocycles. The van der Waals surface area contributed by atoms with Crippen molar-refractivity contribution in [3.63, 3.8) is 0 Å². The maximum absolute atomic E-state index is 13.4. The lowest BCUT2D eigenvalue weighted by atomic mass is 9.89. The van der Waals surface area contributed by atoms with E-state index in [0.717, 1.165) is 63.6 Å². The number of amides is 2. The summed E-state index contributed by atoms with van der Waals surface area (Å²) in [6, 6.07) is 0.647. The first-order chi connectivity index (χ1) is 25.2. The van der Waals surface area contributed by atoms with Gasteiger partial charge in [0.25, 0.3) is 0 Å². The third kappa shape index (κ3) is 13.2. The van der Waals surface area contributed by atoms with Crippen molar-refractivity contribution in [3.8, 4) is 0 Å². The molecule has 2 amide bonds. The number of ether oxygens (including phenoxy) is 4. The third-order valence-corrected chi connectivity index (χ3v) is 11.5. The number of piperidine rings is 1. The van der Waals surface area contributed by atoms with Gasteiger partial charge in [0.15, 0.2) is 0 Å². The number of rotatable bonds is 7. The first-order valence-corrected chi connectivity index (χ1v) is 20.3. The van der Waals surface area contributed by atoms with Gasteiger partial charge in [-0.25, -0.2) is 9.59 Å². The van der Waals surface area contributed by atoms with Gasteiger partial charge in [-0.3, -0.25) is 4.79 Å². The summed E-state index contributed by atoms with van der Waals surface area (Å²) in [5.41, 5.74) is 0.935. The molecule has 7 atom stereocenters. The van der Waals surface area contributed by atoms with Crippen LogP contribution in [-0.4, -0.2) is 104 Å². The summed E-state index contributed by atoms with van der Waals surface area (Å²) >= 11 is 0. The van der Waals surface area contributed by atoms with Crippen molar-refractivity contribution >= 4 is 18.0 Å². The molecule has 10 nitrogen and oxygen atoms in total. The minimum atomic E-state index is -0.453. The summed E-state index contributed by atoms with van der Waals surface area (Å²) in [5, 5.41) is 3.09. The molecule has 0 spiro atoms. The smallest absolute Gasteiger partial charge is 0.330 e. The zero-order valence-corrected chi connectivity index (χ0v) is 32.1. The first kappa shape index (κ1) is 40.2. The summed E-state index contributed by atoms with van der Waals surface area (Å²) < 4.78 is 24.0. The van der Waals surface area contributed by atoms with Crippen molar-refractivity contribution in [1.82, 2.24) is 15.1 Å². The normalized spacial score (nSPS) is 33.4. The number of hydrogen-bond donors (Lipinski definition) is 1. The molecule has 0 radical (unpaired) electrons. The fourth-order valence-electron chi connectivity index (χ4n) is 8.55. The fraction of sp³-hybridized carbons (Fsp3) is 0.738. The van der Waals surface area contributed by atoms with E-state index in [9.17, 15) is 14.4 Å². The second kappa shape index (κ2) is 21.1. The van der Waals surface area contributed by atoms with Crippen LogP contribution >= 0.6 is 0 Å². The largest absolute Gasteiger partial charge is 0.466 e. The minimum absolute atomic E-state index is 0.0297. The molecule has 5 heterocycles. The van der Waals surface area contributed by atoms with Crippen molar-refractivity contribution in [1.29, 1.82) is 0 Å². The molecule has 290 valence electrons. The van der Waals surface area contributed by atoms with Crippen LogP contribution in [0.25, 0.3) is 0 Å². The number of carbonyl (C=O) groups is 3. The Labute approximate surface area is 312 Å². The molecule has 0 saturated carbocycles. The maximum atomic E-state index is 13.4. The molecule has 1 N–H and O–H groups in total. The highest BCUT2D eigenvalue weighted by Gasteiger charge is 2.33. The number of nitrogens with zero attached hydrogens (tertiary/aromatic N) is 2. The van der Waals surface area contributed by atoms with Crippen molar-refractivity contribution in [2.75, 3.05) is 39.8 Å². The molecular formula is C42H65N3O7. The van der Waals surface area contributed by atoms with Gasteiger partial charge in [0.2, 0.25) is 0 Å². The Hall–Kier alpha value is -2.95. The van der Waals surface area contributed by atoms with Crippen LogP contribution in [0.4, 0.5) is 4.79 Å². The molecule has 7 unspecified atom stereocenters. The van der Waals surface area contributed by atoms with Crippen LogP contribution in [0.3, 0.4) is 0 Å². The van der Waals surface area contributed by atoms with E-state index in [-0.39, 0.29) is 54.7 Å². The fourth-order valence-corrected chi connectivity index (χ4v) is 8.55. The lowest BCUT2D eigenvalue weighted by Crippen LogP contribution is -2.49. The van der Waals surface area contributed by atoms with Gasteiger partial charge >= 0.3 is 18.0 Å². The molecule has 4 saturated heterocycles. The summed E-state index contributed by atoms with van der Waals surface area (Å²) in [6.07, 6.45) is 27.3. The number of urea groups is 1. The van der Waals surface area contributed by atoms with E-state index in [1.807, 2.05) is 29.2 Å². The third-order valence-electron chi connectivity index (χ3n) is 11.5. The average molecular weight is 724 g/mol. The van der Waals surface area contributed by atoms with Crippen LogP contribution in [0, 0.1) is 11.8 Å². The Bertz CT molecular complexity index is 1260. The number of cyclic esters (lactones) is 1. The van der Waals surface area contributed by atoms with Gasteiger partial charge in [0.1, 0.15) is 6.10 Å². The Balaban J connectivity index is 1.13. The second-order valence-corrected chi connectivity index (χ2v) is 15.8. The lowest BCUT2D eigenvalue weighted by Gasteiger charge is -2.38. The van der Waals surface area contributed by atoms with E-state index in [0.29, 0.717) is 37.8 Å². The maximum Gasteiger partial charge on any atom is 0.330 e. The number of methoxy groups -OCH3 is 1. The van der Waals surface area contributed by atoms with Crippen LogP contribution in [0.15, 0.2) is 48.1 Å². The topological polar surface area (TPSA) is 107 Å². The van der Waals surface area contributed by atoms with Crippen LogP contribution in [-0.2, 0) is 28.5 Å². The standard InChI is InChI=1S/C42H65N3O7/c1-31-16-17-32(2)39(15-8-4-5-9-20-43-42(48)45-23-18-34(19-24-45)44-21-10-6-7-11-22-44)52-41(47)30-38-27-33(28-40(46)49-3)26-37(51-38)29-36-14-12-13-35(25-31)50-36/h4-5,8,15-17,28,31-32,34-39H,6-7,9-14,18-27,29-30H2,1-3H3,(H,43,48)/b5-4-,15-8+,17-16+,33-28-. The van der Waals surface area contributed by atoms with E-state index < -0.39 is 6.10 Å². The highest BCUT2D eigenvalue weighted by atomic mass is 16.6. The molecule has 4 fully saturated rings. The number of hydrogen-bond acceptors (Lipinski definition) is 8. The SMILES string of the molecule is COC(=O)/C=C1\CC2CC(=O)OC(/C=C/C=C\CCNC(=O)N3CCC(N4CCCCCC4)CC3)C(C)/C=C/C(C)CC3CCCC(CC(C1)O2)O3. The minimum Gasteiger partial charge on any atom is -0.466 e. The van der Waals surface area contributed by atoms with E-state index in [1.54, 1.807) is 6.08 Å². The number of carbonyl (C=O) groups excluding carboxylic acids is 3. The molecule has 5 rings (SSSR count). The molecule has 0 aromatic carbocycles. The first-order valence-electron chi connectivity index (χ1n) is 20.3. The molecule has 5 aliphatic rings. The van der Waals surface area contributed by atoms with Crippen molar-refractivity contribution in [2.45, 2.75) is 147 Å². The highest BCUT2D eigenvalue weighted by Crippen LogP contribution is 2.34. The molecule has 52 heavy (non-hydrogen) atoms. The van der Waals surface area contributed by atoms with Crippen LogP contribution in [0.2, 0.25) is 0 Å². The van der Waals surface area contributed by atoms with Crippen LogP contribution < -0.4 is 5.32 Å². The Morgan fingerprint density at radius 3 is 2.31 bits per heavy atom. The monoisotopic (exact) mass is 723 g/mol. The Morgan fingerprint density at radius 2 is 1.56 bits per heavy atom. The number of likely N-dealkylation sites (tertiary alicyclic amines) is 2. The van der Waals surface area contributed by atoms with Gasteiger partial charge in [-0.2, -0.15) is 0 Å². The Kier molecular flexibility index (Phi) is 16.3. The van der Waals surface area contributed by atoms with Crippen molar-refractivity contribution in [2.24, 2.45) is 11.8 Å².